The highest BCUT2D eigenvalue weighted by Gasteiger charge is 2.16. The summed E-state index contributed by atoms with van der Waals surface area (Å²) in [4.78, 5) is 10.9. The van der Waals surface area contributed by atoms with Crippen molar-refractivity contribution in [2.75, 3.05) is 19.8 Å². The summed E-state index contributed by atoms with van der Waals surface area (Å²) < 4.78 is 5.14. The van der Waals surface area contributed by atoms with Crippen LogP contribution in [0.2, 0.25) is 0 Å². The third-order valence-corrected chi connectivity index (χ3v) is 1.63. The van der Waals surface area contributed by atoms with Crippen LogP contribution in [0.5, 0.6) is 0 Å². The molecule has 5 heteroatoms. The Morgan fingerprint density at radius 3 is 3.25 bits per heavy atom. The van der Waals surface area contributed by atoms with Crippen molar-refractivity contribution in [1.29, 1.82) is 5.26 Å². The Balaban J connectivity index is 2.21. The molecule has 1 unspecified atom stereocenters. The minimum atomic E-state index is -0.263. The van der Waals surface area contributed by atoms with E-state index in [-0.39, 0.29) is 11.9 Å². The average Bonchev–Trinajstić information content (AvgIpc) is 2.06. The Labute approximate surface area is 70.7 Å². The second-order valence-electron chi connectivity index (χ2n) is 2.59. The summed E-state index contributed by atoms with van der Waals surface area (Å²) in [6, 6.07) is 0.0482. The summed E-state index contributed by atoms with van der Waals surface area (Å²) in [5.74, 6) is -0.263. The molecule has 0 radical (unpaired) electrons. The molecular formula is C7H11N3O2. The standard InChI is InChI=1S/C7H11N3O2/c8-5-10-7(11)3-6-4-12-2-1-9-6/h6,9H,1-4H2,(H,10,11). The fourth-order valence-electron chi connectivity index (χ4n) is 1.09. The summed E-state index contributed by atoms with van der Waals surface area (Å²) in [5.41, 5.74) is 0. The predicted molar refractivity (Wildman–Crippen MR) is 41.0 cm³/mol. The minimum absolute atomic E-state index is 0.0482. The zero-order valence-corrected chi connectivity index (χ0v) is 6.67. The molecule has 5 nitrogen and oxygen atoms in total. The second kappa shape index (κ2) is 4.70. The van der Waals surface area contributed by atoms with Crippen molar-refractivity contribution in [2.45, 2.75) is 12.5 Å². The number of morpholine rings is 1. The molecule has 1 atom stereocenters. The van der Waals surface area contributed by atoms with E-state index in [0.29, 0.717) is 19.6 Å². The van der Waals surface area contributed by atoms with Crippen molar-refractivity contribution < 1.29 is 9.53 Å². The quantitative estimate of drug-likeness (QED) is 0.409. The van der Waals surface area contributed by atoms with Crippen LogP contribution in [-0.4, -0.2) is 31.7 Å². The molecule has 0 aromatic rings. The van der Waals surface area contributed by atoms with Gasteiger partial charge in [0.15, 0.2) is 6.19 Å². The molecule has 0 bridgehead atoms. The number of rotatable bonds is 2. The Bertz CT molecular complexity index is 193. The lowest BCUT2D eigenvalue weighted by molar-refractivity contribution is -0.121. The SMILES string of the molecule is N#CNC(=O)CC1COCCN1. The van der Waals surface area contributed by atoms with E-state index in [1.807, 2.05) is 0 Å². The summed E-state index contributed by atoms with van der Waals surface area (Å²) in [5, 5.41) is 13.3. The maximum atomic E-state index is 10.9. The first kappa shape index (κ1) is 8.97. The first-order valence-corrected chi connectivity index (χ1v) is 3.82. The number of nitrogens with one attached hydrogen (secondary N) is 2. The number of amides is 1. The van der Waals surface area contributed by atoms with Gasteiger partial charge < -0.3 is 10.1 Å². The van der Waals surface area contributed by atoms with E-state index in [2.05, 4.69) is 10.6 Å². The van der Waals surface area contributed by atoms with Crippen molar-refractivity contribution in [3.8, 4) is 6.19 Å². The van der Waals surface area contributed by atoms with Crippen molar-refractivity contribution in [3.05, 3.63) is 0 Å². The van der Waals surface area contributed by atoms with Crippen LogP contribution in [0.1, 0.15) is 6.42 Å². The predicted octanol–water partition coefficient (Wildman–Crippen LogP) is -1.04. The third kappa shape index (κ3) is 2.86. The van der Waals surface area contributed by atoms with Crippen molar-refractivity contribution in [2.24, 2.45) is 0 Å². The highest BCUT2D eigenvalue weighted by atomic mass is 16.5. The Kier molecular flexibility index (Phi) is 3.51. The zero-order valence-electron chi connectivity index (χ0n) is 6.67. The lowest BCUT2D eigenvalue weighted by atomic mass is 10.2. The van der Waals surface area contributed by atoms with Gasteiger partial charge in [-0.1, -0.05) is 0 Å². The third-order valence-electron chi connectivity index (χ3n) is 1.63. The number of carbonyl (C=O) groups excluding carboxylic acids is 1. The molecule has 1 aliphatic heterocycles. The van der Waals surface area contributed by atoms with E-state index < -0.39 is 0 Å². The molecule has 12 heavy (non-hydrogen) atoms. The molecule has 1 saturated heterocycles. The van der Waals surface area contributed by atoms with E-state index >= 15 is 0 Å². The van der Waals surface area contributed by atoms with E-state index in [9.17, 15) is 4.79 Å². The number of nitrogens with zero attached hydrogens (tertiary/aromatic N) is 1. The van der Waals surface area contributed by atoms with Crippen LogP contribution in [-0.2, 0) is 9.53 Å². The van der Waals surface area contributed by atoms with Gasteiger partial charge in [-0.05, 0) is 0 Å². The van der Waals surface area contributed by atoms with Gasteiger partial charge in [-0.25, -0.2) is 0 Å². The first-order valence-electron chi connectivity index (χ1n) is 3.82. The summed E-state index contributed by atoms with van der Waals surface area (Å²) in [6.07, 6.45) is 1.89. The van der Waals surface area contributed by atoms with Gasteiger partial charge in [-0.15, -0.1) is 0 Å². The molecule has 2 N–H and O–H groups in total. The van der Waals surface area contributed by atoms with Crippen molar-refractivity contribution in [1.82, 2.24) is 10.6 Å². The fraction of sp³-hybridized carbons (Fsp3) is 0.714. The number of carbonyl (C=O) groups is 1. The summed E-state index contributed by atoms with van der Waals surface area (Å²) in [7, 11) is 0. The van der Waals surface area contributed by atoms with Gasteiger partial charge in [0.05, 0.1) is 13.2 Å². The van der Waals surface area contributed by atoms with Gasteiger partial charge in [0.2, 0.25) is 5.91 Å². The summed E-state index contributed by atoms with van der Waals surface area (Å²) >= 11 is 0. The van der Waals surface area contributed by atoms with E-state index in [1.165, 1.54) is 0 Å². The second-order valence-corrected chi connectivity index (χ2v) is 2.59. The lowest BCUT2D eigenvalue weighted by Gasteiger charge is -2.22. The van der Waals surface area contributed by atoms with Crippen LogP contribution >= 0.6 is 0 Å². The van der Waals surface area contributed by atoms with Gasteiger partial charge in [0.25, 0.3) is 0 Å². The lowest BCUT2D eigenvalue weighted by Crippen LogP contribution is -2.43. The monoisotopic (exact) mass is 169 g/mol. The molecule has 0 spiro atoms. The molecular weight excluding hydrogens is 158 g/mol. The van der Waals surface area contributed by atoms with E-state index in [0.717, 1.165) is 6.54 Å². The van der Waals surface area contributed by atoms with Crippen LogP contribution in [0.15, 0.2) is 0 Å². The minimum Gasteiger partial charge on any atom is -0.378 e. The van der Waals surface area contributed by atoms with Crippen LogP contribution < -0.4 is 10.6 Å². The number of ether oxygens (including phenoxy) is 1. The Morgan fingerprint density at radius 2 is 2.67 bits per heavy atom. The fourth-order valence-corrected chi connectivity index (χ4v) is 1.09. The largest absolute Gasteiger partial charge is 0.378 e. The van der Waals surface area contributed by atoms with Crippen LogP contribution in [0, 0.1) is 11.5 Å². The number of nitriles is 1. The smallest absolute Gasteiger partial charge is 0.234 e. The van der Waals surface area contributed by atoms with E-state index in [4.69, 9.17) is 10.00 Å². The number of hydrogen-bond donors (Lipinski definition) is 2. The summed E-state index contributed by atoms with van der Waals surface area (Å²) in [6.45, 7) is 2.00. The topological polar surface area (TPSA) is 74.2 Å². The molecule has 0 aromatic heterocycles. The van der Waals surface area contributed by atoms with Crippen molar-refractivity contribution >= 4 is 5.91 Å². The highest BCUT2D eigenvalue weighted by molar-refractivity contribution is 5.77. The molecule has 1 fully saturated rings. The number of hydrogen-bond acceptors (Lipinski definition) is 4. The maximum absolute atomic E-state index is 10.9. The normalized spacial score (nSPS) is 22.8. The molecule has 1 heterocycles. The average molecular weight is 169 g/mol. The zero-order chi connectivity index (χ0) is 8.81. The van der Waals surface area contributed by atoms with E-state index in [1.54, 1.807) is 6.19 Å². The van der Waals surface area contributed by atoms with Gasteiger partial charge in [-0.2, -0.15) is 5.26 Å². The Hall–Kier alpha value is -1.12. The molecule has 66 valence electrons. The molecule has 1 amide bonds. The van der Waals surface area contributed by atoms with Gasteiger partial charge in [0, 0.05) is 19.0 Å². The molecule has 0 aromatic carbocycles. The Morgan fingerprint density at radius 1 is 1.83 bits per heavy atom. The first-order chi connectivity index (χ1) is 5.83. The van der Waals surface area contributed by atoms with Crippen LogP contribution in [0.3, 0.4) is 0 Å². The van der Waals surface area contributed by atoms with Crippen LogP contribution in [0.25, 0.3) is 0 Å². The van der Waals surface area contributed by atoms with Crippen molar-refractivity contribution in [3.63, 3.8) is 0 Å². The van der Waals surface area contributed by atoms with Crippen LogP contribution in [0.4, 0.5) is 0 Å². The molecule has 0 aliphatic carbocycles. The molecule has 1 rings (SSSR count). The maximum Gasteiger partial charge on any atom is 0.234 e. The van der Waals surface area contributed by atoms with Gasteiger partial charge in [-0.3, -0.25) is 10.1 Å². The van der Waals surface area contributed by atoms with Gasteiger partial charge in [0.1, 0.15) is 0 Å². The molecule has 1 aliphatic rings. The van der Waals surface area contributed by atoms with Gasteiger partial charge >= 0.3 is 0 Å². The highest BCUT2D eigenvalue weighted by Crippen LogP contribution is 1.97. The molecule has 0 saturated carbocycles.